The summed E-state index contributed by atoms with van der Waals surface area (Å²) in [7, 11) is -0.0848. The lowest BCUT2D eigenvalue weighted by molar-refractivity contribution is -0.145. The smallest absolute Gasteiger partial charge is 0.306 e. The molecule has 2 aliphatic rings. The molecule has 1 saturated heterocycles. The number of para-hydroxylation sites is 1. The summed E-state index contributed by atoms with van der Waals surface area (Å²) in [5.41, 5.74) is 13.0. The van der Waals surface area contributed by atoms with Gasteiger partial charge in [0.05, 0.1) is 30.1 Å². The van der Waals surface area contributed by atoms with Gasteiger partial charge >= 0.3 is 5.97 Å². The number of sulfonamides is 1. The van der Waals surface area contributed by atoms with E-state index in [1.165, 1.54) is 5.01 Å². The highest BCUT2D eigenvalue weighted by molar-refractivity contribution is 7.89. The molecule has 3 aromatic carbocycles. The van der Waals surface area contributed by atoms with Crippen LogP contribution in [-0.2, 0) is 26.1 Å². The van der Waals surface area contributed by atoms with Gasteiger partial charge in [-0.05, 0) is 72.8 Å². The van der Waals surface area contributed by atoms with Gasteiger partial charge in [0.1, 0.15) is 4.90 Å². The maximum absolute atomic E-state index is 13.8. The molecule has 5 N–H and O–H groups in total. The predicted molar refractivity (Wildman–Crippen MR) is 175 cm³/mol. The first-order chi connectivity index (χ1) is 21.0. The zero-order valence-electron chi connectivity index (χ0n) is 26.0. The average molecular weight is 621 g/mol. The molecule has 1 fully saturated rings. The second-order valence-corrected chi connectivity index (χ2v) is 13.9. The summed E-state index contributed by atoms with van der Waals surface area (Å²) >= 11 is 0. The molecule has 236 valence electrons. The van der Waals surface area contributed by atoms with Crippen molar-refractivity contribution < 1.29 is 17.9 Å². The Bertz CT molecular complexity index is 1620. The molecule has 0 amide bonds. The monoisotopic (exact) mass is 620 g/mol. The number of rotatable bonds is 9. The molecule has 0 aliphatic carbocycles. The molecule has 0 saturated carbocycles. The fourth-order valence-electron chi connectivity index (χ4n) is 6.18. The van der Waals surface area contributed by atoms with Gasteiger partial charge in [-0.15, -0.1) is 0 Å². The van der Waals surface area contributed by atoms with E-state index >= 15 is 0 Å². The van der Waals surface area contributed by atoms with Gasteiger partial charge in [-0.25, -0.2) is 14.3 Å². The molecule has 2 aliphatic heterocycles. The minimum Gasteiger partial charge on any atom is -0.465 e. The first-order valence-electron chi connectivity index (χ1n) is 15.1. The van der Waals surface area contributed by atoms with Crippen molar-refractivity contribution >= 4 is 33.1 Å². The zero-order chi connectivity index (χ0) is 31.6. The van der Waals surface area contributed by atoms with Crippen LogP contribution in [-0.4, -0.2) is 65.6 Å². The lowest BCUT2D eigenvalue weighted by atomic mass is 9.84. The highest BCUT2D eigenvalue weighted by atomic mass is 32.2. The lowest BCUT2D eigenvalue weighted by Gasteiger charge is -2.25. The van der Waals surface area contributed by atoms with Crippen molar-refractivity contribution in [2.75, 3.05) is 62.5 Å². The number of hydrazine groups is 1. The zero-order valence-corrected chi connectivity index (χ0v) is 26.9. The summed E-state index contributed by atoms with van der Waals surface area (Å²) in [5, 5.41) is 4.79. The number of anilines is 3. The fraction of sp³-hybridized carbons (Fsp3) is 0.424. The third kappa shape index (κ3) is 6.56. The van der Waals surface area contributed by atoms with Crippen molar-refractivity contribution in [2.24, 2.45) is 11.8 Å². The quantitative estimate of drug-likeness (QED) is 0.142. The number of hydrogen-bond acceptors (Lipinski definition) is 9. The van der Waals surface area contributed by atoms with E-state index in [1.807, 2.05) is 68.3 Å². The molecular formula is C33H44N6O4S. The first kappa shape index (κ1) is 31.8. The summed E-state index contributed by atoms with van der Waals surface area (Å²) in [6.45, 7) is 7.23. The lowest BCUT2D eigenvalue weighted by Crippen LogP contribution is -2.33. The van der Waals surface area contributed by atoms with Crippen LogP contribution < -0.4 is 26.8 Å². The Hall–Kier alpha value is -3.64. The van der Waals surface area contributed by atoms with Crippen molar-refractivity contribution in [1.82, 2.24) is 9.62 Å². The topological polar surface area (TPSA) is 134 Å². The van der Waals surface area contributed by atoms with Crippen LogP contribution in [0.15, 0.2) is 59.5 Å². The Kier molecular flexibility index (Phi) is 9.50. The van der Waals surface area contributed by atoms with Crippen molar-refractivity contribution in [3.05, 3.63) is 82.4 Å². The average Bonchev–Trinajstić information content (AvgIpc) is 3.50. The summed E-state index contributed by atoms with van der Waals surface area (Å²) in [6.07, 6.45) is 1.11. The van der Waals surface area contributed by atoms with Crippen LogP contribution in [0.5, 0.6) is 0 Å². The third-order valence-electron chi connectivity index (χ3n) is 9.00. The number of likely N-dealkylation sites (N-methyl/N-ethyl adjacent to an activating group) is 1. The minimum absolute atomic E-state index is 0.126. The van der Waals surface area contributed by atoms with Crippen LogP contribution in [0.3, 0.4) is 0 Å². The minimum atomic E-state index is -3.73. The van der Waals surface area contributed by atoms with Crippen molar-refractivity contribution in [2.45, 2.75) is 44.0 Å². The Morgan fingerprint density at radius 1 is 1.14 bits per heavy atom. The van der Waals surface area contributed by atoms with E-state index in [1.54, 1.807) is 23.5 Å². The van der Waals surface area contributed by atoms with E-state index in [0.29, 0.717) is 47.6 Å². The highest BCUT2D eigenvalue weighted by Gasteiger charge is 2.32. The van der Waals surface area contributed by atoms with Gasteiger partial charge in [0.25, 0.3) is 0 Å². The van der Waals surface area contributed by atoms with E-state index in [9.17, 15) is 13.2 Å². The molecule has 0 aromatic heterocycles. The van der Waals surface area contributed by atoms with Crippen molar-refractivity contribution in [3.63, 3.8) is 0 Å². The number of nitrogens with one attached hydrogen (secondary N) is 1. The molecule has 2 unspecified atom stereocenters. The Morgan fingerprint density at radius 3 is 2.64 bits per heavy atom. The van der Waals surface area contributed by atoms with E-state index in [0.717, 1.165) is 47.3 Å². The normalized spacial score (nSPS) is 18.8. The van der Waals surface area contributed by atoms with E-state index in [-0.39, 0.29) is 24.9 Å². The second-order valence-electron chi connectivity index (χ2n) is 12.0. The van der Waals surface area contributed by atoms with Crippen LogP contribution in [0.25, 0.3) is 0 Å². The number of aryl methyl sites for hydroxylation is 1. The maximum Gasteiger partial charge on any atom is 0.306 e. The molecule has 0 bridgehead atoms. The predicted octanol–water partition coefficient (Wildman–Crippen LogP) is 3.51. The van der Waals surface area contributed by atoms with Crippen LogP contribution >= 0.6 is 0 Å². The molecular weight excluding hydrogens is 576 g/mol. The number of ether oxygens (including phenoxy) is 1. The number of carbonyl (C=O) groups excluding carboxylic acids is 1. The first-order valence-corrected chi connectivity index (χ1v) is 16.5. The van der Waals surface area contributed by atoms with E-state index < -0.39 is 10.0 Å². The SMILES string of the molecule is Cc1ccc(C(CC(=O)OCC2CCNC2)c2ccc(N(C)N)c(N)c2C)cc1CN1CCN(C)c2ccccc2S1(=O)=O. The van der Waals surface area contributed by atoms with Gasteiger partial charge in [0.2, 0.25) is 10.0 Å². The molecule has 10 nitrogen and oxygen atoms in total. The largest absolute Gasteiger partial charge is 0.465 e. The van der Waals surface area contributed by atoms with Gasteiger partial charge < -0.3 is 25.7 Å². The van der Waals surface area contributed by atoms with Crippen molar-refractivity contribution in [3.8, 4) is 0 Å². The second kappa shape index (κ2) is 13.2. The molecule has 2 heterocycles. The summed E-state index contributed by atoms with van der Waals surface area (Å²) < 4.78 is 35.0. The van der Waals surface area contributed by atoms with Gasteiger partial charge in [-0.1, -0.05) is 36.4 Å². The number of carbonyl (C=O) groups is 1. The molecule has 11 heteroatoms. The fourth-order valence-corrected chi connectivity index (χ4v) is 7.83. The molecule has 3 aromatic rings. The maximum atomic E-state index is 13.8. The van der Waals surface area contributed by atoms with Crippen LogP contribution in [0, 0.1) is 19.8 Å². The number of nitrogens with two attached hydrogens (primary N) is 2. The summed E-state index contributed by atoms with van der Waals surface area (Å²) in [6, 6.07) is 17.0. The Labute approximate surface area is 261 Å². The van der Waals surface area contributed by atoms with Gasteiger partial charge in [-0.2, -0.15) is 4.31 Å². The Morgan fingerprint density at radius 2 is 1.91 bits per heavy atom. The van der Waals surface area contributed by atoms with Gasteiger partial charge in [-0.3, -0.25) is 4.79 Å². The molecule has 0 spiro atoms. The standard InChI is InChI=1S/C33H44N6O4S/c1-22-9-10-25(17-26(22)20-39-16-15-37(3)29-7-5-6-8-31(29)44(39,41)42)28(18-32(40)43-21-24-13-14-36-19-24)27-11-12-30(38(4)35)33(34)23(27)2/h5-12,17,24,28,36H,13-16,18-21,34-35H2,1-4H3. The Balaban J connectivity index is 1.49. The van der Waals surface area contributed by atoms with Crippen molar-refractivity contribution in [1.29, 1.82) is 0 Å². The van der Waals surface area contributed by atoms with Gasteiger partial charge in [0.15, 0.2) is 0 Å². The number of nitrogens with zero attached hydrogens (tertiary/aromatic N) is 3. The number of benzene rings is 3. The van der Waals surface area contributed by atoms with Crippen LogP contribution in [0.4, 0.5) is 17.1 Å². The number of hydrogen-bond donors (Lipinski definition) is 3. The molecule has 5 rings (SSSR count). The van der Waals surface area contributed by atoms with E-state index in [2.05, 4.69) is 5.32 Å². The molecule has 0 radical (unpaired) electrons. The summed E-state index contributed by atoms with van der Waals surface area (Å²) in [4.78, 5) is 15.6. The van der Waals surface area contributed by atoms with Gasteiger partial charge in [0, 0.05) is 52.1 Å². The van der Waals surface area contributed by atoms with E-state index in [4.69, 9.17) is 16.3 Å². The third-order valence-corrected chi connectivity index (χ3v) is 10.9. The molecule has 2 atom stereocenters. The number of nitrogen functional groups attached to an aromatic ring is 1. The molecule has 44 heavy (non-hydrogen) atoms. The highest BCUT2D eigenvalue weighted by Crippen LogP contribution is 2.38. The summed E-state index contributed by atoms with van der Waals surface area (Å²) in [5.74, 6) is 5.70. The number of fused-ring (bicyclic) bond motifs is 1. The number of esters is 1. The van der Waals surface area contributed by atoms with Crippen LogP contribution in [0.1, 0.15) is 46.6 Å². The van der Waals surface area contributed by atoms with Crippen LogP contribution in [0.2, 0.25) is 0 Å².